The van der Waals surface area contributed by atoms with Crippen molar-refractivity contribution < 1.29 is 19.1 Å². The average Bonchev–Trinajstić information content (AvgIpc) is 3.14. The first-order valence-corrected chi connectivity index (χ1v) is 10.1. The van der Waals surface area contributed by atoms with Crippen LogP contribution < -0.4 is 19.7 Å². The van der Waals surface area contributed by atoms with Crippen LogP contribution in [0.15, 0.2) is 48.5 Å². The number of hydrogen-bond acceptors (Lipinski definition) is 4. The summed E-state index contributed by atoms with van der Waals surface area (Å²) in [4.78, 5) is 26.7. The van der Waals surface area contributed by atoms with Crippen LogP contribution in [0.5, 0.6) is 11.5 Å². The largest absolute Gasteiger partial charge is 0.497 e. The summed E-state index contributed by atoms with van der Waals surface area (Å²) < 4.78 is 10.8. The quantitative estimate of drug-likeness (QED) is 0.643. The Bertz CT molecular complexity index is 818. The molecule has 1 saturated heterocycles. The van der Waals surface area contributed by atoms with Crippen LogP contribution in [-0.4, -0.2) is 32.1 Å². The molecule has 1 aliphatic heterocycles. The van der Waals surface area contributed by atoms with Gasteiger partial charge in [-0.25, -0.2) is 0 Å². The van der Waals surface area contributed by atoms with E-state index < -0.39 is 0 Å². The lowest BCUT2D eigenvalue weighted by Gasteiger charge is -2.17. The van der Waals surface area contributed by atoms with Gasteiger partial charge in [0.2, 0.25) is 11.8 Å². The highest BCUT2D eigenvalue weighted by Crippen LogP contribution is 2.28. The van der Waals surface area contributed by atoms with Crippen molar-refractivity contribution in [2.45, 2.75) is 32.6 Å². The number of methoxy groups -OCH3 is 1. The summed E-state index contributed by atoms with van der Waals surface area (Å²) in [6.07, 6.45) is 3.56. The summed E-state index contributed by atoms with van der Waals surface area (Å²) in [6, 6.07) is 14.6. The van der Waals surface area contributed by atoms with E-state index in [9.17, 15) is 9.59 Å². The molecule has 1 atom stereocenters. The number of benzene rings is 2. The van der Waals surface area contributed by atoms with Crippen molar-refractivity contribution in [2.24, 2.45) is 5.92 Å². The van der Waals surface area contributed by atoms with Crippen LogP contribution >= 0.6 is 0 Å². The molecule has 0 saturated carbocycles. The third kappa shape index (κ3) is 5.50. The van der Waals surface area contributed by atoms with Crippen LogP contribution in [0, 0.1) is 5.92 Å². The molecule has 2 aromatic rings. The van der Waals surface area contributed by atoms with Gasteiger partial charge in [0.15, 0.2) is 0 Å². The van der Waals surface area contributed by atoms with Crippen molar-refractivity contribution in [3.8, 4) is 11.5 Å². The van der Waals surface area contributed by atoms with E-state index in [1.54, 1.807) is 12.0 Å². The van der Waals surface area contributed by atoms with E-state index in [-0.39, 0.29) is 24.2 Å². The lowest BCUT2D eigenvalue weighted by molar-refractivity contribution is -0.122. The molecule has 1 fully saturated rings. The standard InChI is InChI=1S/C23H28N2O4/c1-3-4-5-14-29-21-10-6-18(7-11-21)24-23(27)17-15-22(26)25(16-17)19-8-12-20(28-2)13-9-19/h6-13,17H,3-5,14-16H2,1-2H3,(H,24,27)/t17-/m1/s1. The molecule has 6 heteroatoms. The Morgan fingerprint density at radius 3 is 2.41 bits per heavy atom. The van der Waals surface area contributed by atoms with Gasteiger partial charge in [-0.15, -0.1) is 0 Å². The highest BCUT2D eigenvalue weighted by molar-refractivity contribution is 6.03. The maximum atomic E-state index is 12.6. The SMILES string of the molecule is CCCCCOc1ccc(NC(=O)[C@@H]2CC(=O)N(c3ccc(OC)cc3)C2)cc1. The first-order chi connectivity index (χ1) is 14.1. The third-order valence-electron chi connectivity index (χ3n) is 5.02. The van der Waals surface area contributed by atoms with E-state index in [0.29, 0.717) is 18.8 Å². The molecule has 0 aliphatic carbocycles. The predicted molar refractivity (Wildman–Crippen MR) is 114 cm³/mol. The van der Waals surface area contributed by atoms with Gasteiger partial charge in [0.05, 0.1) is 19.6 Å². The zero-order chi connectivity index (χ0) is 20.6. The van der Waals surface area contributed by atoms with Gasteiger partial charge in [-0.1, -0.05) is 19.8 Å². The smallest absolute Gasteiger partial charge is 0.229 e. The molecule has 154 valence electrons. The lowest BCUT2D eigenvalue weighted by Crippen LogP contribution is -2.28. The number of hydrogen-bond donors (Lipinski definition) is 1. The molecule has 0 aromatic heterocycles. The Morgan fingerprint density at radius 2 is 1.76 bits per heavy atom. The van der Waals surface area contributed by atoms with E-state index in [0.717, 1.165) is 36.4 Å². The minimum atomic E-state index is -0.380. The predicted octanol–water partition coefficient (Wildman–Crippen LogP) is 4.26. The van der Waals surface area contributed by atoms with Crippen LogP contribution in [0.1, 0.15) is 32.6 Å². The second kappa shape index (κ2) is 9.96. The molecular formula is C23H28N2O4. The molecule has 2 aromatic carbocycles. The normalized spacial score (nSPS) is 16.0. The highest BCUT2D eigenvalue weighted by Gasteiger charge is 2.35. The van der Waals surface area contributed by atoms with E-state index in [2.05, 4.69) is 12.2 Å². The summed E-state index contributed by atoms with van der Waals surface area (Å²) >= 11 is 0. The van der Waals surface area contributed by atoms with Gasteiger partial charge in [-0.2, -0.15) is 0 Å². The molecule has 6 nitrogen and oxygen atoms in total. The van der Waals surface area contributed by atoms with Crippen molar-refractivity contribution in [3.63, 3.8) is 0 Å². The molecule has 29 heavy (non-hydrogen) atoms. The number of carbonyl (C=O) groups excluding carboxylic acids is 2. The van der Waals surface area contributed by atoms with Crippen LogP contribution in [0.25, 0.3) is 0 Å². The fourth-order valence-corrected chi connectivity index (χ4v) is 3.32. The third-order valence-corrected chi connectivity index (χ3v) is 5.02. The van der Waals surface area contributed by atoms with Crippen LogP contribution in [0.3, 0.4) is 0 Å². The summed E-state index contributed by atoms with van der Waals surface area (Å²) in [5.74, 6) is 0.944. The highest BCUT2D eigenvalue weighted by atomic mass is 16.5. The Balaban J connectivity index is 1.53. The van der Waals surface area contributed by atoms with Gasteiger partial charge in [0.25, 0.3) is 0 Å². The van der Waals surface area contributed by atoms with Gasteiger partial charge < -0.3 is 19.7 Å². The molecule has 1 N–H and O–H groups in total. The Hall–Kier alpha value is -3.02. The Kier molecular flexibility index (Phi) is 7.11. The van der Waals surface area contributed by atoms with E-state index in [4.69, 9.17) is 9.47 Å². The second-order valence-corrected chi connectivity index (χ2v) is 7.17. The van der Waals surface area contributed by atoms with Crippen LogP contribution in [0.2, 0.25) is 0 Å². The Labute approximate surface area is 171 Å². The van der Waals surface area contributed by atoms with Gasteiger partial charge >= 0.3 is 0 Å². The number of carbonyl (C=O) groups is 2. The number of nitrogens with zero attached hydrogens (tertiary/aromatic N) is 1. The zero-order valence-corrected chi connectivity index (χ0v) is 17.0. The number of unbranched alkanes of at least 4 members (excludes halogenated alkanes) is 2. The average molecular weight is 396 g/mol. The molecule has 0 radical (unpaired) electrons. The van der Waals surface area contributed by atoms with Crippen molar-refractivity contribution in [1.29, 1.82) is 0 Å². The second-order valence-electron chi connectivity index (χ2n) is 7.17. The summed E-state index contributed by atoms with van der Waals surface area (Å²) in [7, 11) is 1.60. The fraction of sp³-hybridized carbons (Fsp3) is 0.391. The number of anilines is 2. The van der Waals surface area contributed by atoms with E-state index in [1.165, 1.54) is 0 Å². The van der Waals surface area contributed by atoms with Gasteiger partial charge in [-0.3, -0.25) is 9.59 Å². The minimum Gasteiger partial charge on any atom is -0.497 e. The van der Waals surface area contributed by atoms with Crippen molar-refractivity contribution >= 4 is 23.2 Å². The van der Waals surface area contributed by atoms with Gasteiger partial charge in [0.1, 0.15) is 11.5 Å². The summed E-state index contributed by atoms with van der Waals surface area (Å²) in [5.41, 5.74) is 1.47. The van der Waals surface area contributed by atoms with E-state index >= 15 is 0 Å². The molecule has 0 bridgehead atoms. The van der Waals surface area contributed by atoms with Crippen LogP contribution in [-0.2, 0) is 9.59 Å². The molecule has 1 heterocycles. The molecule has 1 aliphatic rings. The fourth-order valence-electron chi connectivity index (χ4n) is 3.32. The number of amides is 2. The topological polar surface area (TPSA) is 67.9 Å². The van der Waals surface area contributed by atoms with Crippen molar-refractivity contribution in [2.75, 3.05) is 30.5 Å². The van der Waals surface area contributed by atoms with Crippen molar-refractivity contribution in [3.05, 3.63) is 48.5 Å². The summed E-state index contributed by atoms with van der Waals surface area (Å²) in [5, 5.41) is 2.90. The minimum absolute atomic E-state index is 0.0499. The maximum absolute atomic E-state index is 12.6. The molecule has 0 spiro atoms. The van der Waals surface area contributed by atoms with Crippen LogP contribution in [0.4, 0.5) is 11.4 Å². The zero-order valence-electron chi connectivity index (χ0n) is 17.0. The molecule has 3 rings (SSSR count). The molecule has 0 unspecified atom stereocenters. The van der Waals surface area contributed by atoms with Crippen molar-refractivity contribution in [1.82, 2.24) is 0 Å². The number of rotatable bonds is 9. The summed E-state index contributed by atoms with van der Waals surface area (Å²) in [6.45, 7) is 3.23. The molecular weight excluding hydrogens is 368 g/mol. The first kappa shape index (κ1) is 20.7. The molecule has 2 amide bonds. The first-order valence-electron chi connectivity index (χ1n) is 10.1. The van der Waals surface area contributed by atoms with E-state index in [1.807, 2.05) is 48.5 Å². The van der Waals surface area contributed by atoms with Gasteiger partial charge in [-0.05, 0) is 55.0 Å². The maximum Gasteiger partial charge on any atom is 0.229 e. The lowest BCUT2D eigenvalue weighted by atomic mass is 10.1. The van der Waals surface area contributed by atoms with Gasteiger partial charge in [0, 0.05) is 24.3 Å². The monoisotopic (exact) mass is 396 g/mol. The number of nitrogens with one attached hydrogen (secondary N) is 1. The number of ether oxygens (including phenoxy) is 2. The Morgan fingerprint density at radius 1 is 1.07 bits per heavy atom.